The molecule has 0 saturated heterocycles. The van der Waals surface area contributed by atoms with E-state index in [0.717, 1.165) is 12.8 Å². The van der Waals surface area contributed by atoms with Gasteiger partial charge in [0, 0.05) is 19.5 Å². The van der Waals surface area contributed by atoms with Gasteiger partial charge in [-0.15, -0.1) is 0 Å². The fraction of sp³-hybridized carbons (Fsp3) is 0.812. The van der Waals surface area contributed by atoms with Crippen molar-refractivity contribution in [3.05, 3.63) is 11.7 Å². The van der Waals surface area contributed by atoms with Crippen LogP contribution >= 0.6 is 0 Å². The SMILES string of the molecule is Cc1nc(CNC2CCCCC2CNC(=O)OC(C)(C)C)no1. The third kappa shape index (κ3) is 6.17. The average molecular weight is 324 g/mol. The second kappa shape index (κ2) is 7.77. The molecule has 0 aromatic carbocycles. The number of aryl methyl sites for hydroxylation is 1. The van der Waals surface area contributed by atoms with Crippen LogP contribution in [0.2, 0.25) is 0 Å². The lowest BCUT2D eigenvalue weighted by atomic mass is 9.84. The number of carbonyl (C=O) groups is 1. The summed E-state index contributed by atoms with van der Waals surface area (Å²) in [6, 6.07) is 0.345. The molecule has 1 fully saturated rings. The molecule has 1 aliphatic carbocycles. The molecule has 0 radical (unpaired) electrons. The third-order valence-electron chi connectivity index (χ3n) is 3.91. The highest BCUT2D eigenvalue weighted by Crippen LogP contribution is 2.24. The van der Waals surface area contributed by atoms with Crippen LogP contribution in [0.1, 0.15) is 58.2 Å². The number of alkyl carbamates (subject to hydrolysis) is 1. The van der Waals surface area contributed by atoms with Gasteiger partial charge in [0.05, 0.1) is 6.54 Å². The molecule has 2 unspecified atom stereocenters. The summed E-state index contributed by atoms with van der Waals surface area (Å²) in [4.78, 5) is 16.0. The van der Waals surface area contributed by atoms with Crippen molar-refractivity contribution < 1.29 is 14.1 Å². The molecular formula is C16H28N4O3. The molecule has 0 spiro atoms. The van der Waals surface area contributed by atoms with Gasteiger partial charge >= 0.3 is 6.09 Å². The predicted molar refractivity (Wildman–Crippen MR) is 85.9 cm³/mol. The number of rotatable bonds is 5. The molecule has 2 N–H and O–H groups in total. The summed E-state index contributed by atoms with van der Waals surface area (Å²) >= 11 is 0. The number of hydrogen-bond acceptors (Lipinski definition) is 6. The summed E-state index contributed by atoms with van der Waals surface area (Å²) in [6.45, 7) is 8.59. The zero-order chi connectivity index (χ0) is 16.9. The van der Waals surface area contributed by atoms with E-state index in [9.17, 15) is 4.79 Å². The Morgan fingerprint density at radius 3 is 2.74 bits per heavy atom. The van der Waals surface area contributed by atoms with Crippen LogP contribution in [0, 0.1) is 12.8 Å². The first-order chi connectivity index (χ1) is 10.8. The van der Waals surface area contributed by atoms with E-state index in [2.05, 4.69) is 20.8 Å². The number of amides is 1. The van der Waals surface area contributed by atoms with Crippen molar-refractivity contribution in [2.24, 2.45) is 5.92 Å². The van der Waals surface area contributed by atoms with E-state index >= 15 is 0 Å². The van der Waals surface area contributed by atoms with E-state index in [1.54, 1.807) is 6.92 Å². The first kappa shape index (κ1) is 17.7. The van der Waals surface area contributed by atoms with Gasteiger partial charge in [0.25, 0.3) is 0 Å². The molecule has 2 rings (SSSR count). The number of aromatic nitrogens is 2. The summed E-state index contributed by atoms with van der Waals surface area (Å²) in [7, 11) is 0. The second-order valence-corrected chi connectivity index (χ2v) is 7.14. The Morgan fingerprint density at radius 2 is 2.09 bits per heavy atom. The van der Waals surface area contributed by atoms with Gasteiger partial charge in [0.15, 0.2) is 5.82 Å². The standard InChI is InChI=1S/C16H28N4O3/c1-11-19-14(20-23-11)10-17-13-8-6-5-7-12(13)9-18-15(21)22-16(2,3)4/h12-13,17H,5-10H2,1-4H3,(H,18,21). The van der Waals surface area contributed by atoms with Crippen LogP contribution in [0.5, 0.6) is 0 Å². The smallest absolute Gasteiger partial charge is 0.407 e. The number of carbonyl (C=O) groups excluding carboxylic acids is 1. The van der Waals surface area contributed by atoms with E-state index in [1.807, 2.05) is 20.8 Å². The molecule has 1 aromatic rings. The Balaban J connectivity index is 1.79. The van der Waals surface area contributed by atoms with Gasteiger partial charge in [-0.05, 0) is 39.5 Å². The average Bonchev–Trinajstić information content (AvgIpc) is 2.87. The molecule has 2 atom stereocenters. The van der Waals surface area contributed by atoms with E-state index in [-0.39, 0.29) is 6.09 Å². The molecule has 1 amide bonds. The monoisotopic (exact) mass is 324 g/mol. The van der Waals surface area contributed by atoms with Crippen molar-refractivity contribution in [3.63, 3.8) is 0 Å². The minimum absolute atomic E-state index is 0.345. The van der Waals surface area contributed by atoms with Gasteiger partial charge in [-0.1, -0.05) is 18.0 Å². The maximum atomic E-state index is 11.8. The fourth-order valence-corrected chi connectivity index (χ4v) is 2.88. The quantitative estimate of drug-likeness (QED) is 0.865. The summed E-state index contributed by atoms with van der Waals surface area (Å²) in [5.74, 6) is 1.64. The van der Waals surface area contributed by atoms with Crippen LogP contribution < -0.4 is 10.6 Å². The summed E-state index contributed by atoms with van der Waals surface area (Å²) in [6.07, 6.45) is 4.23. The van der Waals surface area contributed by atoms with Gasteiger partial charge in [-0.25, -0.2) is 4.79 Å². The van der Waals surface area contributed by atoms with Crippen molar-refractivity contribution in [2.45, 2.75) is 71.6 Å². The van der Waals surface area contributed by atoms with Crippen LogP contribution in [0.3, 0.4) is 0 Å². The molecule has 1 saturated carbocycles. The third-order valence-corrected chi connectivity index (χ3v) is 3.91. The van der Waals surface area contributed by atoms with E-state index in [0.29, 0.717) is 36.8 Å². The summed E-state index contributed by atoms with van der Waals surface area (Å²) in [5, 5.41) is 10.3. The molecule has 0 aliphatic heterocycles. The highest BCUT2D eigenvalue weighted by Gasteiger charge is 2.26. The lowest BCUT2D eigenvalue weighted by Gasteiger charge is -2.32. The summed E-state index contributed by atoms with van der Waals surface area (Å²) < 4.78 is 10.3. The number of nitrogens with zero attached hydrogens (tertiary/aromatic N) is 2. The molecule has 0 bridgehead atoms. The van der Waals surface area contributed by atoms with Gasteiger partial charge in [0.2, 0.25) is 5.89 Å². The normalized spacial score (nSPS) is 21.9. The van der Waals surface area contributed by atoms with Crippen molar-refractivity contribution >= 4 is 6.09 Å². The molecule has 130 valence electrons. The fourth-order valence-electron chi connectivity index (χ4n) is 2.88. The lowest BCUT2D eigenvalue weighted by Crippen LogP contribution is -2.44. The van der Waals surface area contributed by atoms with E-state index in [1.165, 1.54) is 12.8 Å². The maximum absolute atomic E-state index is 11.8. The summed E-state index contributed by atoms with van der Waals surface area (Å²) in [5.41, 5.74) is -0.467. The van der Waals surface area contributed by atoms with E-state index < -0.39 is 5.60 Å². The van der Waals surface area contributed by atoms with Crippen molar-refractivity contribution in [3.8, 4) is 0 Å². The van der Waals surface area contributed by atoms with Crippen LogP contribution in [0.25, 0.3) is 0 Å². The Hall–Kier alpha value is -1.63. The number of nitrogens with one attached hydrogen (secondary N) is 2. The van der Waals surface area contributed by atoms with Crippen LogP contribution in [-0.2, 0) is 11.3 Å². The molecule has 1 heterocycles. The first-order valence-corrected chi connectivity index (χ1v) is 8.33. The lowest BCUT2D eigenvalue weighted by molar-refractivity contribution is 0.0510. The molecule has 7 nitrogen and oxygen atoms in total. The van der Waals surface area contributed by atoms with Gasteiger partial charge in [-0.2, -0.15) is 4.98 Å². The Kier molecular flexibility index (Phi) is 5.98. The van der Waals surface area contributed by atoms with Crippen molar-refractivity contribution in [1.82, 2.24) is 20.8 Å². The van der Waals surface area contributed by atoms with Crippen molar-refractivity contribution in [2.75, 3.05) is 6.54 Å². The molecule has 1 aliphatic rings. The largest absolute Gasteiger partial charge is 0.444 e. The van der Waals surface area contributed by atoms with E-state index in [4.69, 9.17) is 9.26 Å². The molecule has 7 heteroatoms. The zero-order valence-electron chi connectivity index (χ0n) is 14.5. The zero-order valence-corrected chi connectivity index (χ0v) is 14.5. The topological polar surface area (TPSA) is 89.3 Å². The highest BCUT2D eigenvalue weighted by molar-refractivity contribution is 5.67. The first-order valence-electron chi connectivity index (χ1n) is 8.33. The van der Waals surface area contributed by atoms with Gasteiger partial charge in [-0.3, -0.25) is 0 Å². The Labute approximate surface area is 137 Å². The molecular weight excluding hydrogens is 296 g/mol. The minimum atomic E-state index is -0.467. The molecule has 23 heavy (non-hydrogen) atoms. The van der Waals surface area contributed by atoms with Gasteiger partial charge < -0.3 is 19.9 Å². The maximum Gasteiger partial charge on any atom is 0.407 e. The number of ether oxygens (including phenoxy) is 1. The highest BCUT2D eigenvalue weighted by atomic mass is 16.6. The van der Waals surface area contributed by atoms with Gasteiger partial charge in [0.1, 0.15) is 5.60 Å². The second-order valence-electron chi connectivity index (χ2n) is 7.14. The Morgan fingerprint density at radius 1 is 1.35 bits per heavy atom. The molecule has 1 aromatic heterocycles. The van der Waals surface area contributed by atoms with Crippen LogP contribution in [-0.4, -0.2) is 34.4 Å². The number of hydrogen-bond donors (Lipinski definition) is 2. The van der Waals surface area contributed by atoms with Crippen LogP contribution in [0.4, 0.5) is 4.79 Å². The Bertz CT molecular complexity index is 510. The predicted octanol–water partition coefficient (Wildman–Crippen LogP) is 2.55. The minimum Gasteiger partial charge on any atom is -0.444 e. The van der Waals surface area contributed by atoms with Crippen LogP contribution in [0.15, 0.2) is 4.52 Å². The van der Waals surface area contributed by atoms with Crippen molar-refractivity contribution in [1.29, 1.82) is 0 Å².